The number of nitrogens with one attached hydrogen (secondary N) is 1. The van der Waals surface area contributed by atoms with Crippen molar-refractivity contribution in [2.24, 2.45) is 0 Å². The number of halogens is 1. The molecule has 1 saturated heterocycles. The van der Waals surface area contributed by atoms with Crippen LogP contribution in [0, 0.1) is 0 Å². The fourth-order valence-electron chi connectivity index (χ4n) is 2.69. The van der Waals surface area contributed by atoms with E-state index in [9.17, 15) is 0 Å². The van der Waals surface area contributed by atoms with Crippen molar-refractivity contribution in [2.75, 3.05) is 23.3 Å². The van der Waals surface area contributed by atoms with E-state index in [0.717, 1.165) is 30.2 Å². The summed E-state index contributed by atoms with van der Waals surface area (Å²) in [5, 5.41) is 4.34. The lowest BCUT2D eigenvalue weighted by Gasteiger charge is -2.22. The molecule has 2 nitrogen and oxygen atoms in total. The summed E-state index contributed by atoms with van der Waals surface area (Å²) in [5.74, 6) is 0. The molecule has 0 unspecified atom stereocenters. The molecule has 1 fully saturated rings. The number of hydrogen-bond donors (Lipinski definition) is 1. The monoisotopic (exact) mass is 286 g/mol. The van der Waals surface area contributed by atoms with Crippen LogP contribution in [-0.4, -0.2) is 13.1 Å². The van der Waals surface area contributed by atoms with Crippen molar-refractivity contribution in [3.05, 3.63) is 59.1 Å². The van der Waals surface area contributed by atoms with Crippen LogP contribution in [0.5, 0.6) is 0 Å². The third kappa shape index (κ3) is 2.91. The smallest absolute Gasteiger partial charge is 0.0602 e. The summed E-state index contributed by atoms with van der Waals surface area (Å²) in [6.45, 7) is 3.07. The molecule has 0 aliphatic carbocycles. The minimum Gasteiger partial charge on any atom is -0.379 e. The lowest BCUT2D eigenvalue weighted by atomic mass is 10.2. The molecule has 2 aromatic rings. The maximum Gasteiger partial charge on any atom is 0.0602 e. The Bertz CT molecular complexity index is 577. The molecule has 1 aliphatic rings. The number of rotatable bonds is 4. The van der Waals surface area contributed by atoms with Gasteiger partial charge in [-0.15, -0.1) is 0 Å². The topological polar surface area (TPSA) is 15.3 Å². The van der Waals surface area contributed by atoms with E-state index in [2.05, 4.69) is 40.5 Å². The van der Waals surface area contributed by atoms with Crippen LogP contribution in [0.3, 0.4) is 0 Å². The van der Waals surface area contributed by atoms with Gasteiger partial charge in [0.15, 0.2) is 0 Å². The largest absolute Gasteiger partial charge is 0.379 e. The van der Waals surface area contributed by atoms with Crippen molar-refractivity contribution in [1.29, 1.82) is 0 Å². The molecule has 3 rings (SSSR count). The van der Waals surface area contributed by atoms with Crippen LogP contribution in [0.4, 0.5) is 11.4 Å². The summed E-state index contributed by atoms with van der Waals surface area (Å²) < 4.78 is 0. The maximum absolute atomic E-state index is 6.21. The minimum atomic E-state index is 0.754. The maximum atomic E-state index is 6.21. The number of para-hydroxylation sites is 2. The van der Waals surface area contributed by atoms with Crippen molar-refractivity contribution in [1.82, 2.24) is 0 Å². The third-order valence-electron chi connectivity index (χ3n) is 3.78. The zero-order valence-corrected chi connectivity index (χ0v) is 12.2. The quantitative estimate of drug-likeness (QED) is 0.887. The van der Waals surface area contributed by atoms with Gasteiger partial charge >= 0.3 is 0 Å². The first kappa shape index (κ1) is 13.3. The summed E-state index contributed by atoms with van der Waals surface area (Å²) >= 11 is 6.21. The predicted octanol–water partition coefficient (Wildman–Crippen LogP) is 4.55. The molecule has 0 radical (unpaired) electrons. The van der Waals surface area contributed by atoms with Gasteiger partial charge in [0.25, 0.3) is 0 Å². The van der Waals surface area contributed by atoms with E-state index in [1.165, 1.54) is 24.2 Å². The lowest BCUT2D eigenvalue weighted by molar-refractivity contribution is 0.949. The van der Waals surface area contributed by atoms with Crippen molar-refractivity contribution < 1.29 is 0 Å². The Morgan fingerprint density at radius 2 is 1.65 bits per heavy atom. The Labute approximate surface area is 125 Å². The number of benzene rings is 2. The third-order valence-corrected chi connectivity index (χ3v) is 4.15. The van der Waals surface area contributed by atoms with E-state index in [1.54, 1.807) is 0 Å². The molecular weight excluding hydrogens is 268 g/mol. The molecule has 3 heteroatoms. The van der Waals surface area contributed by atoms with Gasteiger partial charge in [0.2, 0.25) is 0 Å². The molecule has 0 atom stereocenters. The second kappa shape index (κ2) is 6.19. The Hall–Kier alpha value is -1.67. The summed E-state index contributed by atoms with van der Waals surface area (Å²) in [7, 11) is 0. The van der Waals surface area contributed by atoms with Crippen LogP contribution in [0.25, 0.3) is 0 Å². The molecule has 1 N–H and O–H groups in total. The van der Waals surface area contributed by atoms with Crippen LogP contribution in [0.2, 0.25) is 5.02 Å². The van der Waals surface area contributed by atoms with Crippen LogP contribution in [0.1, 0.15) is 18.4 Å². The van der Waals surface area contributed by atoms with Crippen molar-refractivity contribution in [3.8, 4) is 0 Å². The highest BCUT2D eigenvalue weighted by Gasteiger charge is 2.15. The number of nitrogens with zero attached hydrogens (tertiary/aromatic N) is 1. The molecule has 0 amide bonds. The Balaban J connectivity index is 1.76. The van der Waals surface area contributed by atoms with Crippen LogP contribution >= 0.6 is 11.6 Å². The van der Waals surface area contributed by atoms with Crippen molar-refractivity contribution in [3.63, 3.8) is 0 Å². The molecular formula is C17H19ClN2. The second-order valence-electron chi connectivity index (χ2n) is 5.16. The first-order valence-corrected chi connectivity index (χ1v) is 7.53. The van der Waals surface area contributed by atoms with E-state index in [1.807, 2.05) is 18.2 Å². The molecule has 1 aliphatic heterocycles. The van der Waals surface area contributed by atoms with Gasteiger partial charge in [-0.3, -0.25) is 0 Å². The first-order valence-electron chi connectivity index (χ1n) is 7.16. The average Bonchev–Trinajstić information content (AvgIpc) is 3.01. The second-order valence-corrected chi connectivity index (χ2v) is 5.56. The zero-order chi connectivity index (χ0) is 13.8. The zero-order valence-electron chi connectivity index (χ0n) is 11.5. The lowest BCUT2D eigenvalue weighted by Crippen LogP contribution is -2.19. The Kier molecular flexibility index (Phi) is 4.12. The SMILES string of the molecule is Clc1ccccc1CNc1ccccc1N1CCCC1. The fourth-order valence-corrected chi connectivity index (χ4v) is 2.89. The highest BCUT2D eigenvalue weighted by Crippen LogP contribution is 2.29. The highest BCUT2D eigenvalue weighted by atomic mass is 35.5. The first-order chi connectivity index (χ1) is 9.84. The molecule has 0 saturated carbocycles. The normalized spacial score (nSPS) is 14.6. The van der Waals surface area contributed by atoms with Gasteiger partial charge in [-0.25, -0.2) is 0 Å². The van der Waals surface area contributed by atoms with E-state index in [-0.39, 0.29) is 0 Å². The Morgan fingerprint density at radius 3 is 2.45 bits per heavy atom. The van der Waals surface area contributed by atoms with E-state index in [4.69, 9.17) is 11.6 Å². The average molecular weight is 287 g/mol. The van der Waals surface area contributed by atoms with E-state index < -0.39 is 0 Å². The Morgan fingerprint density at radius 1 is 0.950 bits per heavy atom. The van der Waals surface area contributed by atoms with Gasteiger partial charge in [-0.05, 0) is 36.6 Å². The molecule has 20 heavy (non-hydrogen) atoms. The predicted molar refractivity (Wildman–Crippen MR) is 86.7 cm³/mol. The molecule has 104 valence electrons. The summed E-state index contributed by atoms with van der Waals surface area (Å²) in [6, 6.07) is 16.5. The number of hydrogen-bond acceptors (Lipinski definition) is 2. The van der Waals surface area contributed by atoms with Crippen LogP contribution in [0.15, 0.2) is 48.5 Å². The highest BCUT2D eigenvalue weighted by molar-refractivity contribution is 6.31. The summed E-state index contributed by atoms with van der Waals surface area (Å²) in [5.41, 5.74) is 3.62. The molecule has 0 spiro atoms. The summed E-state index contributed by atoms with van der Waals surface area (Å²) in [4.78, 5) is 2.45. The van der Waals surface area contributed by atoms with Gasteiger partial charge in [0, 0.05) is 24.7 Å². The number of anilines is 2. The fraction of sp³-hybridized carbons (Fsp3) is 0.294. The van der Waals surface area contributed by atoms with Gasteiger partial charge < -0.3 is 10.2 Å². The van der Waals surface area contributed by atoms with E-state index in [0.29, 0.717) is 0 Å². The van der Waals surface area contributed by atoms with E-state index >= 15 is 0 Å². The van der Waals surface area contributed by atoms with Gasteiger partial charge in [0.05, 0.1) is 11.4 Å². The summed E-state index contributed by atoms with van der Waals surface area (Å²) in [6.07, 6.45) is 2.58. The standard InChI is InChI=1S/C17H19ClN2/c18-15-8-2-1-7-14(15)13-19-16-9-3-4-10-17(16)20-11-5-6-12-20/h1-4,7-10,19H,5-6,11-13H2. The minimum absolute atomic E-state index is 0.754. The molecule has 0 aromatic heterocycles. The van der Waals surface area contributed by atoms with Gasteiger partial charge in [-0.1, -0.05) is 41.9 Å². The van der Waals surface area contributed by atoms with Crippen molar-refractivity contribution >= 4 is 23.0 Å². The van der Waals surface area contributed by atoms with Gasteiger partial charge in [-0.2, -0.15) is 0 Å². The van der Waals surface area contributed by atoms with Crippen molar-refractivity contribution in [2.45, 2.75) is 19.4 Å². The molecule has 0 bridgehead atoms. The molecule has 1 heterocycles. The van der Waals surface area contributed by atoms with Crippen LogP contribution < -0.4 is 10.2 Å². The van der Waals surface area contributed by atoms with Gasteiger partial charge in [0.1, 0.15) is 0 Å². The molecule has 2 aromatic carbocycles. The van der Waals surface area contributed by atoms with Crippen LogP contribution in [-0.2, 0) is 6.54 Å².